The molecule has 1 amide bonds. The first-order valence-corrected chi connectivity index (χ1v) is 12.5. The van der Waals surface area contributed by atoms with Gasteiger partial charge in [-0.1, -0.05) is 6.07 Å². The Morgan fingerprint density at radius 3 is 2.09 bits per heavy atom. The summed E-state index contributed by atoms with van der Waals surface area (Å²) < 4.78 is 79.0. The highest BCUT2D eigenvalue weighted by atomic mass is 32.2. The van der Waals surface area contributed by atoms with Gasteiger partial charge >= 0.3 is 6.18 Å². The maximum absolute atomic E-state index is 13.1. The quantitative estimate of drug-likeness (QED) is 0.604. The fourth-order valence-electron chi connectivity index (χ4n) is 4.42. The largest absolute Gasteiger partial charge is 0.416 e. The topological polar surface area (TPSA) is 60.9 Å². The maximum Gasteiger partial charge on any atom is 0.416 e. The third-order valence-corrected chi connectivity index (χ3v) is 8.30. The molecule has 184 valence electrons. The van der Waals surface area contributed by atoms with E-state index in [-0.39, 0.29) is 29.8 Å². The molecule has 2 aliphatic rings. The molecular formula is C23H25F4N3O3S. The molecule has 2 heterocycles. The Bertz CT molecular complexity index is 1120. The third-order valence-electron chi connectivity index (χ3n) is 6.38. The second-order valence-electron chi connectivity index (χ2n) is 8.49. The van der Waals surface area contributed by atoms with Crippen LogP contribution >= 0.6 is 0 Å². The zero-order chi connectivity index (χ0) is 24.5. The number of benzene rings is 2. The van der Waals surface area contributed by atoms with Crippen molar-refractivity contribution in [2.75, 3.05) is 44.2 Å². The van der Waals surface area contributed by atoms with Crippen LogP contribution in [-0.2, 0) is 21.0 Å². The Labute approximate surface area is 195 Å². The molecule has 0 saturated carbocycles. The number of halogens is 4. The highest BCUT2D eigenvalue weighted by Crippen LogP contribution is 2.32. The van der Waals surface area contributed by atoms with Gasteiger partial charge in [0.1, 0.15) is 5.82 Å². The zero-order valence-electron chi connectivity index (χ0n) is 18.3. The predicted octanol–water partition coefficient (Wildman–Crippen LogP) is 3.59. The van der Waals surface area contributed by atoms with Crippen LogP contribution in [0.15, 0.2) is 53.4 Å². The summed E-state index contributed by atoms with van der Waals surface area (Å²) in [6.45, 7) is 2.02. The number of amides is 1. The van der Waals surface area contributed by atoms with Gasteiger partial charge in [0, 0.05) is 50.9 Å². The van der Waals surface area contributed by atoms with Crippen molar-refractivity contribution < 1.29 is 30.8 Å². The fourth-order valence-corrected chi connectivity index (χ4v) is 5.89. The number of nitrogens with zero attached hydrogens (tertiary/aromatic N) is 3. The SMILES string of the molecule is O=C(C1CCN(S(=O)(=O)c2ccc(F)cc2)CC1)N1CCN(c2cccc(C(F)(F)F)c2)CC1. The summed E-state index contributed by atoms with van der Waals surface area (Å²) >= 11 is 0. The molecule has 0 aliphatic carbocycles. The number of piperidine rings is 1. The summed E-state index contributed by atoms with van der Waals surface area (Å²) in [4.78, 5) is 16.6. The lowest BCUT2D eigenvalue weighted by atomic mass is 9.96. The van der Waals surface area contributed by atoms with E-state index in [2.05, 4.69) is 0 Å². The Balaban J connectivity index is 1.31. The number of hydrogen-bond donors (Lipinski definition) is 0. The molecule has 11 heteroatoms. The van der Waals surface area contributed by atoms with Crippen LogP contribution in [0.25, 0.3) is 0 Å². The van der Waals surface area contributed by atoms with Crippen molar-refractivity contribution in [1.29, 1.82) is 0 Å². The second kappa shape index (κ2) is 9.53. The molecule has 6 nitrogen and oxygen atoms in total. The van der Waals surface area contributed by atoms with E-state index >= 15 is 0 Å². The van der Waals surface area contributed by atoms with Gasteiger partial charge in [0.05, 0.1) is 10.5 Å². The highest BCUT2D eigenvalue weighted by Gasteiger charge is 2.35. The van der Waals surface area contributed by atoms with Crippen LogP contribution in [0, 0.1) is 11.7 Å². The molecule has 2 saturated heterocycles. The molecule has 0 spiro atoms. The molecule has 0 aromatic heterocycles. The van der Waals surface area contributed by atoms with Crippen molar-refractivity contribution in [3.8, 4) is 0 Å². The number of rotatable bonds is 4. The number of alkyl halides is 3. The van der Waals surface area contributed by atoms with Gasteiger partial charge in [0.2, 0.25) is 15.9 Å². The Hall–Kier alpha value is -2.66. The molecule has 0 unspecified atom stereocenters. The Morgan fingerprint density at radius 2 is 1.50 bits per heavy atom. The Kier molecular flexibility index (Phi) is 6.86. The van der Waals surface area contributed by atoms with E-state index in [0.29, 0.717) is 44.7 Å². The summed E-state index contributed by atoms with van der Waals surface area (Å²) in [6, 6.07) is 9.82. The van der Waals surface area contributed by atoms with Gasteiger partial charge in [0.15, 0.2) is 0 Å². The number of anilines is 1. The minimum absolute atomic E-state index is 0.0180. The first kappa shape index (κ1) is 24.5. The lowest BCUT2D eigenvalue weighted by Gasteiger charge is -2.39. The number of sulfonamides is 1. The number of piperazine rings is 1. The van der Waals surface area contributed by atoms with Crippen LogP contribution in [0.3, 0.4) is 0 Å². The van der Waals surface area contributed by atoms with Crippen molar-refractivity contribution in [3.63, 3.8) is 0 Å². The Morgan fingerprint density at radius 1 is 0.882 bits per heavy atom. The lowest BCUT2D eigenvalue weighted by molar-refractivity contribution is -0.137. The van der Waals surface area contributed by atoms with Gasteiger partial charge in [0.25, 0.3) is 0 Å². The van der Waals surface area contributed by atoms with E-state index in [1.165, 1.54) is 22.5 Å². The van der Waals surface area contributed by atoms with Gasteiger partial charge in [-0.2, -0.15) is 17.5 Å². The first-order chi connectivity index (χ1) is 16.1. The average molecular weight is 500 g/mol. The first-order valence-electron chi connectivity index (χ1n) is 11.0. The second-order valence-corrected chi connectivity index (χ2v) is 10.4. The van der Waals surface area contributed by atoms with Crippen LogP contribution < -0.4 is 4.90 Å². The van der Waals surface area contributed by atoms with Crippen molar-refractivity contribution in [2.24, 2.45) is 5.92 Å². The van der Waals surface area contributed by atoms with E-state index in [9.17, 15) is 30.8 Å². The molecule has 4 rings (SSSR count). The summed E-state index contributed by atoms with van der Waals surface area (Å²) in [6.07, 6.45) is -3.65. The van der Waals surface area contributed by atoms with E-state index < -0.39 is 27.6 Å². The third kappa shape index (κ3) is 5.20. The van der Waals surface area contributed by atoms with Gasteiger partial charge in [-0.25, -0.2) is 12.8 Å². The van der Waals surface area contributed by atoms with Crippen LogP contribution in [0.5, 0.6) is 0 Å². The van der Waals surface area contributed by atoms with Crippen molar-refractivity contribution in [1.82, 2.24) is 9.21 Å². The minimum Gasteiger partial charge on any atom is -0.368 e. The zero-order valence-corrected chi connectivity index (χ0v) is 19.2. The molecular weight excluding hydrogens is 474 g/mol. The van der Waals surface area contributed by atoms with Crippen LogP contribution in [0.2, 0.25) is 0 Å². The lowest BCUT2D eigenvalue weighted by Crippen LogP contribution is -2.52. The van der Waals surface area contributed by atoms with Gasteiger partial charge in [-0.15, -0.1) is 0 Å². The van der Waals surface area contributed by atoms with Crippen LogP contribution in [0.4, 0.5) is 23.2 Å². The number of hydrogen-bond acceptors (Lipinski definition) is 4. The fraction of sp³-hybridized carbons (Fsp3) is 0.435. The summed E-state index contributed by atoms with van der Waals surface area (Å²) in [5.74, 6) is -0.876. The highest BCUT2D eigenvalue weighted by molar-refractivity contribution is 7.89. The maximum atomic E-state index is 13.1. The van der Waals surface area contributed by atoms with E-state index in [0.717, 1.165) is 24.3 Å². The molecule has 0 radical (unpaired) electrons. The number of carbonyl (C=O) groups excluding carboxylic acids is 1. The van der Waals surface area contributed by atoms with Gasteiger partial charge in [-0.3, -0.25) is 4.79 Å². The summed E-state index contributed by atoms with van der Waals surface area (Å²) in [5.41, 5.74) is -0.230. The molecule has 0 atom stereocenters. The standard InChI is InChI=1S/C23H25F4N3O3S/c24-19-4-6-21(7-5-19)34(32,33)30-10-8-17(9-11-30)22(31)29-14-12-28(13-15-29)20-3-1-2-18(16-20)23(25,26)27/h1-7,16-17H,8-15H2. The molecule has 2 aromatic rings. The minimum atomic E-state index is -4.41. The van der Waals surface area contributed by atoms with Gasteiger partial charge in [-0.05, 0) is 55.3 Å². The van der Waals surface area contributed by atoms with Crippen molar-refractivity contribution >= 4 is 21.6 Å². The summed E-state index contributed by atoms with van der Waals surface area (Å²) in [5, 5.41) is 0. The predicted molar refractivity (Wildman–Crippen MR) is 118 cm³/mol. The normalized spacial score (nSPS) is 18.8. The van der Waals surface area contributed by atoms with Crippen LogP contribution in [0.1, 0.15) is 18.4 Å². The van der Waals surface area contributed by atoms with Crippen molar-refractivity contribution in [3.05, 3.63) is 59.9 Å². The number of carbonyl (C=O) groups is 1. The van der Waals surface area contributed by atoms with Crippen molar-refractivity contribution in [2.45, 2.75) is 23.9 Å². The van der Waals surface area contributed by atoms with E-state index in [1.54, 1.807) is 11.0 Å². The molecule has 0 bridgehead atoms. The molecule has 0 N–H and O–H groups in total. The van der Waals surface area contributed by atoms with Crippen LogP contribution in [-0.4, -0.2) is 62.8 Å². The molecule has 2 fully saturated rings. The summed E-state index contributed by atoms with van der Waals surface area (Å²) in [7, 11) is -3.75. The van der Waals surface area contributed by atoms with E-state index in [1.807, 2.05) is 4.90 Å². The molecule has 34 heavy (non-hydrogen) atoms. The van der Waals surface area contributed by atoms with E-state index in [4.69, 9.17) is 0 Å². The monoisotopic (exact) mass is 499 g/mol. The molecule has 2 aromatic carbocycles. The average Bonchev–Trinajstić information content (AvgIpc) is 2.83. The van der Waals surface area contributed by atoms with Gasteiger partial charge < -0.3 is 9.80 Å². The molecule has 2 aliphatic heterocycles. The smallest absolute Gasteiger partial charge is 0.368 e.